The summed E-state index contributed by atoms with van der Waals surface area (Å²) in [5.74, 6) is 0.488. The summed E-state index contributed by atoms with van der Waals surface area (Å²) in [5.41, 5.74) is 3.28. The molecule has 0 bridgehead atoms. The van der Waals surface area contributed by atoms with Crippen LogP contribution < -0.4 is 4.90 Å². The van der Waals surface area contributed by atoms with E-state index in [1.165, 1.54) is 0 Å². The number of nitrogens with zero attached hydrogens (tertiary/aromatic N) is 3. The molecule has 5 heteroatoms. The van der Waals surface area contributed by atoms with E-state index in [9.17, 15) is 10.2 Å². The molecular formula is C23H29N3O2. The summed E-state index contributed by atoms with van der Waals surface area (Å²) in [6.45, 7) is 1.94. The second-order valence-electron chi connectivity index (χ2n) is 7.57. The minimum Gasteiger partial charge on any atom is -0.507 e. The van der Waals surface area contributed by atoms with Crippen LogP contribution in [0.1, 0.15) is 43.7 Å². The van der Waals surface area contributed by atoms with Crippen LogP contribution in [-0.4, -0.2) is 48.3 Å². The van der Waals surface area contributed by atoms with Gasteiger partial charge in [-0.3, -0.25) is 9.98 Å². The van der Waals surface area contributed by atoms with Gasteiger partial charge in [0, 0.05) is 48.9 Å². The molecule has 1 aliphatic carbocycles. The van der Waals surface area contributed by atoms with Crippen LogP contribution in [0.2, 0.25) is 0 Å². The van der Waals surface area contributed by atoms with Gasteiger partial charge in [0.2, 0.25) is 0 Å². The summed E-state index contributed by atoms with van der Waals surface area (Å²) >= 11 is 0. The Labute approximate surface area is 167 Å². The van der Waals surface area contributed by atoms with Crippen molar-refractivity contribution in [3.8, 4) is 11.5 Å². The molecule has 28 heavy (non-hydrogen) atoms. The molecule has 148 valence electrons. The first-order valence-electron chi connectivity index (χ1n) is 9.82. The summed E-state index contributed by atoms with van der Waals surface area (Å²) in [7, 11) is 3.89. The fourth-order valence-corrected chi connectivity index (χ4v) is 3.61. The van der Waals surface area contributed by atoms with Crippen molar-refractivity contribution in [3.63, 3.8) is 0 Å². The van der Waals surface area contributed by atoms with Gasteiger partial charge in [0.1, 0.15) is 11.5 Å². The molecule has 1 aliphatic rings. The largest absolute Gasteiger partial charge is 0.507 e. The highest BCUT2D eigenvalue weighted by Gasteiger charge is 2.24. The van der Waals surface area contributed by atoms with Crippen LogP contribution in [0.4, 0.5) is 5.69 Å². The second kappa shape index (κ2) is 8.91. The molecule has 5 nitrogen and oxygen atoms in total. The fraction of sp³-hybridized carbons (Fsp3) is 0.391. The molecular weight excluding hydrogens is 350 g/mol. The Bertz CT molecular complexity index is 874. The van der Waals surface area contributed by atoms with Gasteiger partial charge in [0.05, 0.1) is 12.1 Å². The zero-order chi connectivity index (χ0) is 20.1. The zero-order valence-electron chi connectivity index (χ0n) is 16.8. The average Bonchev–Trinajstić information content (AvgIpc) is 2.68. The molecule has 0 aliphatic heterocycles. The van der Waals surface area contributed by atoms with Crippen molar-refractivity contribution < 1.29 is 10.2 Å². The van der Waals surface area contributed by atoms with Crippen LogP contribution in [0.15, 0.2) is 52.4 Å². The molecule has 0 amide bonds. The van der Waals surface area contributed by atoms with Crippen LogP contribution in [0.5, 0.6) is 11.5 Å². The SMILES string of the molecule is CC(=NC1CCCCC1N=Cc1ccc(N(C)C)cc1O)c1ccccc1O. The first-order chi connectivity index (χ1) is 13.5. The number of hydrogen-bond donors (Lipinski definition) is 2. The van der Waals surface area contributed by atoms with Gasteiger partial charge in [0.25, 0.3) is 0 Å². The van der Waals surface area contributed by atoms with E-state index in [2.05, 4.69) is 0 Å². The van der Waals surface area contributed by atoms with Crippen molar-refractivity contribution >= 4 is 17.6 Å². The van der Waals surface area contributed by atoms with Crippen molar-refractivity contribution in [2.75, 3.05) is 19.0 Å². The summed E-state index contributed by atoms with van der Waals surface area (Å²) in [4.78, 5) is 11.6. The topological polar surface area (TPSA) is 68.4 Å². The van der Waals surface area contributed by atoms with Crippen LogP contribution >= 0.6 is 0 Å². The standard InChI is InChI=1S/C23H29N3O2/c1-16(19-8-4-7-11-22(19)27)25-21-10-6-5-9-20(21)24-15-17-12-13-18(26(2)3)14-23(17)28/h4,7-8,11-15,20-21,27-28H,5-6,9-10H2,1-3H3. The predicted octanol–water partition coefficient (Wildman–Crippen LogP) is 4.40. The molecule has 0 radical (unpaired) electrons. The number of para-hydroxylation sites is 1. The smallest absolute Gasteiger partial charge is 0.126 e. The first-order valence-corrected chi connectivity index (χ1v) is 9.82. The number of hydrogen-bond acceptors (Lipinski definition) is 5. The average molecular weight is 380 g/mol. The monoisotopic (exact) mass is 379 g/mol. The molecule has 2 aromatic carbocycles. The van der Waals surface area contributed by atoms with Crippen molar-refractivity contribution in [3.05, 3.63) is 53.6 Å². The van der Waals surface area contributed by atoms with Gasteiger partial charge in [-0.2, -0.15) is 0 Å². The zero-order valence-corrected chi connectivity index (χ0v) is 16.8. The molecule has 3 rings (SSSR count). The van der Waals surface area contributed by atoms with Crippen LogP contribution in [0, 0.1) is 0 Å². The third-order valence-corrected chi connectivity index (χ3v) is 5.28. The molecule has 1 saturated carbocycles. The first kappa shape index (κ1) is 19.9. The quantitative estimate of drug-likeness (QED) is 0.757. The number of phenols is 2. The highest BCUT2D eigenvalue weighted by Crippen LogP contribution is 2.27. The Morgan fingerprint density at radius 2 is 1.71 bits per heavy atom. The number of rotatable bonds is 5. The lowest BCUT2D eigenvalue weighted by atomic mass is 9.90. The summed E-state index contributed by atoms with van der Waals surface area (Å²) in [6.07, 6.45) is 6.00. The number of benzene rings is 2. The van der Waals surface area contributed by atoms with E-state index in [0.717, 1.165) is 48.2 Å². The van der Waals surface area contributed by atoms with Crippen molar-refractivity contribution in [1.82, 2.24) is 0 Å². The molecule has 2 aromatic rings. The third kappa shape index (κ3) is 4.71. The number of anilines is 1. The molecule has 2 unspecified atom stereocenters. The van der Waals surface area contributed by atoms with Crippen LogP contribution in [0.25, 0.3) is 0 Å². The van der Waals surface area contributed by atoms with Crippen molar-refractivity contribution in [2.24, 2.45) is 9.98 Å². The Hall–Kier alpha value is -2.82. The maximum Gasteiger partial charge on any atom is 0.126 e. The van der Waals surface area contributed by atoms with Gasteiger partial charge < -0.3 is 15.1 Å². The van der Waals surface area contributed by atoms with Gasteiger partial charge in [-0.15, -0.1) is 0 Å². The molecule has 2 N–H and O–H groups in total. The van der Waals surface area contributed by atoms with E-state index < -0.39 is 0 Å². The molecule has 2 atom stereocenters. The van der Waals surface area contributed by atoms with Crippen LogP contribution in [0.3, 0.4) is 0 Å². The molecule has 0 aromatic heterocycles. The number of aliphatic imine (C=N–C) groups is 2. The molecule has 0 heterocycles. The predicted molar refractivity (Wildman–Crippen MR) is 116 cm³/mol. The van der Waals surface area contributed by atoms with Gasteiger partial charge >= 0.3 is 0 Å². The molecule has 1 fully saturated rings. The molecule has 0 spiro atoms. The van der Waals surface area contributed by atoms with E-state index in [4.69, 9.17) is 9.98 Å². The maximum atomic E-state index is 10.3. The van der Waals surface area contributed by atoms with Gasteiger partial charge in [-0.1, -0.05) is 25.0 Å². The van der Waals surface area contributed by atoms with Crippen molar-refractivity contribution in [2.45, 2.75) is 44.7 Å². The van der Waals surface area contributed by atoms with Gasteiger partial charge in [0.15, 0.2) is 0 Å². The van der Waals surface area contributed by atoms with Crippen molar-refractivity contribution in [1.29, 1.82) is 0 Å². The fourth-order valence-electron chi connectivity index (χ4n) is 3.61. The Morgan fingerprint density at radius 3 is 2.39 bits per heavy atom. The lowest BCUT2D eigenvalue weighted by Gasteiger charge is -2.26. The van der Waals surface area contributed by atoms with Crippen LogP contribution in [-0.2, 0) is 0 Å². The van der Waals surface area contributed by atoms with E-state index in [1.807, 2.05) is 56.3 Å². The minimum atomic E-state index is 0.0856. The second-order valence-corrected chi connectivity index (χ2v) is 7.57. The summed E-state index contributed by atoms with van der Waals surface area (Å²) in [6, 6.07) is 13.1. The van der Waals surface area contributed by atoms with E-state index >= 15 is 0 Å². The maximum absolute atomic E-state index is 10.3. The van der Waals surface area contributed by atoms with Gasteiger partial charge in [-0.05, 0) is 44.0 Å². The number of aromatic hydroxyl groups is 2. The van der Waals surface area contributed by atoms with Gasteiger partial charge in [-0.25, -0.2) is 0 Å². The molecule has 0 saturated heterocycles. The summed E-state index contributed by atoms with van der Waals surface area (Å²) < 4.78 is 0. The summed E-state index contributed by atoms with van der Waals surface area (Å²) in [5, 5.41) is 20.4. The lowest BCUT2D eigenvalue weighted by molar-refractivity contribution is 0.389. The third-order valence-electron chi connectivity index (χ3n) is 5.28. The number of phenolic OH excluding ortho intramolecular Hbond substituents is 2. The Balaban J connectivity index is 1.79. The Morgan fingerprint density at radius 1 is 1.00 bits per heavy atom. The lowest BCUT2D eigenvalue weighted by Crippen LogP contribution is -2.28. The minimum absolute atomic E-state index is 0.0856. The highest BCUT2D eigenvalue weighted by atomic mass is 16.3. The van der Waals surface area contributed by atoms with E-state index in [-0.39, 0.29) is 23.6 Å². The Kier molecular flexibility index (Phi) is 6.34. The highest BCUT2D eigenvalue weighted by molar-refractivity contribution is 6.01. The normalized spacial score (nSPS) is 20.5. The van der Waals surface area contributed by atoms with E-state index in [0.29, 0.717) is 0 Å². The van der Waals surface area contributed by atoms with E-state index in [1.54, 1.807) is 18.3 Å².